The molecule has 0 bridgehead atoms. The lowest BCUT2D eigenvalue weighted by Crippen LogP contribution is -2.60. The van der Waals surface area contributed by atoms with Crippen molar-refractivity contribution in [2.24, 2.45) is 0 Å². The summed E-state index contributed by atoms with van der Waals surface area (Å²) in [5.74, 6) is -3.20. The first-order valence-corrected chi connectivity index (χ1v) is 9.12. The predicted molar refractivity (Wildman–Crippen MR) is 73.3 cm³/mol. The zero-order valence-corrected chi connectivity index (χ0v) is 14.3. The molecule has 0 aliphatic carbocycles. The second-order valence-electron chi connectivity index (χ2n) is 6.46. The van der Waals surface area contributed by atoms with Gasteiger partial charge >= 0.3 is 9.33 Å². The highest BCUT2D eigenvalue weighted by molar-refractivity contribution is 8.09. The molecule has 3 fully saturated rings. The number of halogens is 1. The van der Waals surface area contributed by atoms with Gasteiger partial charge in [-0.15, -0.1) is 0 Å². The number of fused-ring (bicyclic) bond motifs is 3. The van der Waals surface area contributed by atoms with Gasteiger partial charge < -0.3 is 23.7 Å². The third kappa shape index (κ3) is 3.13. The van der Waals surface area contributed by atoms with Crippen LogP contribution < -0.4 is 0 Å². The molecule has 0 N–H and O–H groups in total. The first kappa shape index (κ1) is 16.8. The van der Waals surface area contributed by atoms with Crippen LogP contribution in [0.15, 0.2) is 0 Å². The van der Waals surface area contributed by atoms with Gasteiger partial charge in [0, 0.05) is 10.7 Å². The molecule has 0 aromatic rings. The van der Waals surface area contributed by atoms with Crippen LogP contribution in [0.5, 0.6) is 0 Å². The summed E-state index contributed by atoms with van der Waals surface area (Å²) >= 11 is 0. The van der Waals surface area contributed by atoms with Crippen molar-refractivity contribution in [1.29, 1.82) is 0 Å². The van der Waals surface area contributed by atoms with Crippen molar-refractivity contribution in [3.05, 3.63) is 0 Å². The summed E-state index contributed by atoms with van der Waals surface area (Å²) in [6.45, 7) is 6.69. The Balaban J connectivity index is 1.87. The average molecular weight is 359 g/mol. The molecule has 4 atom stereocenters. The number of hydrogen-bond acceptors (Lipinski definition) is 8. The van der Waals surface area contributed by atoms with E-state index in [1.54, 1.807) is 27.7 Å². The molecule has 0 aromatic heterocycles. The maximum absolute atomic E-state index is 11.1. The maximum atomic E-state index is 11.1. The van der Waals surface area contributed by atoms with E-state index in [1.807, 2.05) is 0 Å². The SMILES string of the molecule is CC1(C)O[C@@H]2[C@@H](COC3(COS(=O)(=O)Cl)OC(C)(C)O[C@@H]23)O1. The van der Waals surface area contributed by atoms with E-state index in [0.717, 1.165) is 0 Å². The van der Waals surface area contributed by atoms with E-state index in [-0.39, 0.29) is 12.7 Å². The van der Waals surface area contributed by atoms with Crippen LogP contribution in [0.3, 0.4) is 0 Å². The fourth-order valence-electron chi connectivity index (χ4n) is 3.10. The van der Waals surface area contributed by atoms with Gasteiger partial charge in [0.2, 0.25) is 5.79 Å². The van der Waals surface area contributed by atoms with Crippen LogP contribution in [0.25, 0.3) is 0 Å². The molecule has 3 heterocycles. The maximum Gasteiger partial charge on any atom is 0.355 e. The summed E-state index contributed by atoms with van der Waals surface area (Å²) in [7, 11) is 0.944. The minimum Gasteiger partial charge on any atom is -0.343 e. The molecule has 3 aliphatic rings. The summed E-state index contributed by atoms with van der Waals surface area (Å²) in [5.41, 5.74) is 0. The van der Waals surface area contributed by atoms with Gasteiger partial charge in [-0.05, 0) is 27.7 Å². The van der Waals surface area contributed by atoms with Crippen LogP contribution in [0.4, 0.5) is 0 Å². The summed E-state index contributed by atoms with van der Waals surface area (Å²) in [6, 6.07) is 0. The van der Waals surface area contributed by atoms with Crippen LogP contribution in [0.2, 0.25) is 0 Å². The van der Waals surface area contributed by atoms with E-state index < -0.39 is 45.5 Å². The smallest absolute Gasteiger partial charge is 0.343 e. The van der Waals surface area contributed by atoms with Crippen molar-refractivity contribution in [3.63, 3.8) is 0 Å². The Bertz CT molecular complexity index is 561. The Labute approximate surface area is 133 Å². The van der Waals surface area contributed by atoms with Gasteiger partial charge in [-0.2, -0.15) is 8.42 Å². The van der Waals surface area contributed by atoms with Crippen molar-refractivity contribution in [3.8, 4) is 0 Å². The van der Waals surface area contributed by atoms with E-state index in [4.69, 9.17) is 34.4 Å². The number of ether oxygens (including phenoxy) is 5. The van der Waals surface area contributed by atoms with E-state index in [0.29, 0.717) is 0 Å². The Hall–Kier alpha value is -0.0000000000000000694. The van der Waals surface area contributed by atoms with Crippen LogP contribution in [0.1, 0.15) is 27.7 Å². The number of rotatable bonds is 3. The van der Waals surface area contributed by atoms with Gasteiger partial charge in [-0.25, -0.2) is 0 Å². The molecule has 128 valence electrons. The van der Waals surface area contributed by atoms with Crippen molar-refractivity contribution in [2.75, 3.05) is 13.2 Å². The predicted octanol–water partition coefficient (Wildman–Crippen LogP) is 0.885. The first-order valence-electron chi connectivity index (χ1n) is 6.88. The van der Waals surface area contributed by atoms with Gasteiger partial charge in [0.15, 0.2) is 11.6 Å². The van der Waals surface area contributed by atoms with E-state index >= 15 is 0 Å². The quantitative estimate of drug-likeness (QED) is 0.687. The molecule has 22 heavy (non-hydrogen) atoms. The lowest BCUT2D eigenvalue weighted by molar-refractivity contribution is -0.290. The highest BCUT2D eigenvalue weighted by Gasteiger charge is 2.65. The monoisotopic (exact) mass is 358 g/mol. The van der Waals surface area contributed by atoms with Crippen molar-refractivity contribution >= 4 is 20.0 Å². The molecular formula is C12H19ClO8S. The van der Waals surface area contributed by atoms with Crippen molar-refractivity contribution in [1.82, 2.24) is 0 Å². The molecule has 1 unspecified atom stereocenters. The minimum absolute atomic E-state index is 0.162. The summed E-state index contributed by atoms with van der Waals surface area (Å²) in [6.07, 6.45) is -1.51. The van der Waals surface area contributed by atoms with Crippen LogP contribution in [-0.4, -0.2) is 57.3 Å². The highest BCUT2D eigenvalue weighted by atomic mass is 35.7. The van der Waals surface area contributed by atoms with E-state index in [2.05, 4.69) is 4.18 Å². The van der Waals surface area contributed by atoms with E-state index in [9.17, 15) is 8.42 Å². The van der Waals surface area contributed by atoms with Gasteiger partial charge in [-0.1, -0.05) is 0 Å². The first-order chi connectivity index (χ1) is 9.92. The third-order valence-electron chi connectivity index (χ3n) is 3.68. The topological polar surface area (TPSA) is 89.5 Å². The molecule has 0 radical (unpaired) electrons. The largest absolute Gasteiger partial charge is 0.355 e. The normalized spacial score (nSPS) is 42.9. The minimum atomic E-state index is -4.16. The summed E-state index contributed by atoms with van der Waals surface area (Å²) < 4.78 is 55.8. The lowest BCUT2D eigenvalue weighted by Gasteiger charge is -2.39. The number of hydrogen-bond donors (Lipinski definition) is 0. The second kappa shape index (κ2) is 5.00. The molecular weight excluding hydrogens is 340 g/mol. The van der Waals surface area contributed by atoms with Gasteiger partial charge in [0.25, 0.3) is 0 Å². The van der Waals surface area contributed by atoms with Crippen molar-refractivity contribution < 1.29 is 36.3 Å². The fourth-order valence-corrected chi connectivity index (χ4v) is 3.54. The molecule has 3 saturated heterocycles. The van der Waals surface area contributed by atoms with Crippen LogP contribution in [-0.2, 0) is 37.2 Å². The second-order valence-corrected chi connectivity index (χ2v) is 8.61. The van der Waals surface area contributed by atoms with Crippen LogP contribution in [0, 0.1) is 0 Å². The lowest BCUT2D eigenvalue weighted by atomic mass is 9.98. The average Bonchev–Trinajstić information content (AvgIpc) is 2.78. The Morgan fingerprint density at radius 1 is 1.14 bits per heavy atom. The van der Waals surface area contributed by atoms with Gasteiger partial charge in [0.1, 0.15) is 24.9 Å². The molecule has 0 amide bonds. The Morgan fingerprint density at radius 3 is 2.45 bits per heavy atom. The molecule has 0 saturated carbocycles. The third-order valence-corrected chi connectivity index (χ3v) is 4.34. The summed E-state index contributed by atoms with van der Waals surface area (Å²) in [4.78, 5) is 0. The molecule has 0 aromatic carbocycles. The molecule has 8 nitrogen and oxygen atoms in total. The molecule has 3 aliphatic heterocycles. The Kier molecular flexibility index (Phi) is 3.83. The van der Waals surface area contributed by atoms with Crippen LogP contribution >= 0.6 is 10.7 Å². The fraction of sp³-hybridized carbons (Fsp3) is 1.00. The standard InChI is InChI=1S/C12H19ClO8S/c1-10(2)18-7-5-16-12(6-17-22(13,14)15)9(8(7)19-10)20-11(3,4)21-12/h7-9H,5-6H2,1-4H3/t7-,8-,9+,12?/m1/s1. The molecule has 10 heteroatoms. The Morgan fingerprint density at radius 2 is 1.82 bits per heavy atom. The zero-order chi connectivity index (χ0) is 16.4. The summed E-state index contributed by atoms with van der Waals surface area (Å²) in [5, 5.41) is 0. The van der Waals surface area contributed by atoms with E-state index in [1.165, 1.54) is 0 Å². The van der Waals surface area contributed by atoms with Gasteiger partial charge in [-0.3, -0.25) is 4.18 Å². The van der Waals surface area contributed by atoms with Crippen molar-refractivity contribution in [2.45, 2.75) is 63.4 Å². The molecule has 3 rings (SSSR count). The molecule has 0 spiro atoms. The zero-order valence-electron chi connectivity index (χ0n) is 12.7. The highest BCUT2D eigenvalue weighted by Crippen LogP contribution is 2.47. The van der Waals surface area contributed by atoms with Gasteiger partial charge in [0.05, 0.1) is 6.61 Å².